The first kappa shape index (κ1) is 15.7. The van der Waals surface area contributed by atoms with Gasteiger partial charge in [0, 0.05) is 19.0 Å². The summed E-state index contributed by atoms with van der Waals surface area (Å²) in [5.74, 6) is 0.177. The Morgan fingerprint density at radius 1 is 1.39 bits per heavy atom. The number of ketones is 1. The monoisotopic (exact) mass is 330 g/mol. The summed E-state index contributed by atoms with van der Waals surface area (Å²) in [4.78, 5) is 23.2. The van der Waals surface area contributed by atoms with Crippen molar-refractivity contribution >= 4 is 29.1 Å². The molecule has 0 aliphatic heterocycles. The summed E-state index contributed by atoms with van der Waals surface area (Å²) in [6, 6.07) is 7.46. The molecule has 1 aromatic heterocycles. The Balaban J connectivity index is 1.83. The lowest BCUT2D eigenvalue weighted by molar-refractivity contribution is -0.119. The van der Waals surface area contributed by atoms with Gasteiger partial charge in [-0.05, 0) is 31.0 Å². The van der Waals surface area contributed by atoms with Gasteiger partial charge < -0.3 is 5.32 Å². The van der Waals surface area contributed by atoms with Crippen LogP contribution in [-0.2, 0) is 9.59 Å². The summed E-state index contributed by atoms with van der Waals surface area (Å²) >= 11 is 1.47. The van der Waals surface area contributed by atoms with Crippen molar-refractivity contribution in [2.45, 2.75) is 43.0 Å². The van der Waals surface area contributed by atoms with E-state index in [4.69, 9.17) is 0 Å². The largest absolute Gasteiger partial charge is 0.326 e. The molecule has 1 atom stereocenters. The first-order chi connectivity index (χ1) is 11.1. The third kappa shape index (κ3) is 3.79. The molecule has 1 fully saturated rings. The fourth-order valence-electron chi connectivity index (χ4n) is 2.62. The van der Waals surface area contributed by atoms with Crippen LogP contribution in [0.5, 0.6) is 0 Å². The highest BCUT2D eigenvalue weighted by Crippen LogP contribution is 2.31. The smallest absolute Gasteiger partial charge is 0.221 e. The van der Waals surface area contributed by atoms with Gasteiger partial charge in [0.2, 0.25) is 5.91 Å². The average Bonchev–Trinajstić information content (AvgIpc) is 2.97. The van der Waals surface area contributed by atoms with E-state index in [1.807, 2.05) is 28.8 Å². The molecule has 1 saturated carbocycles. The molecule has 1 aromatic carbocycles. The number of benzene rings is 1. The summed E-state index contributed by atoms with van der Waals surface area (Å²) in [5.41, 5.74) is 1.57. The van der Waals surface area contributed by atoms with Crippen LogP contribution >= 0.6 is 11.8 Å². The van der Waals surface area contributed by atoms with Crippen molar-refractivity contribution in [1.82, 2.24) is 14.8 Å². The van der Waals surface area contributed by atoms with Crippen molar-refractivity contribution < 1.29 is 9.59 Å². The zero-order valence-electron chi connectivity index (χ0n) is 12.9. The molecule has 0 spiro atoms. The molecule has 0 unspecified atom stereocenters. The van der Waals surface area contributed by atoms with E-state index in [-0.39, 0.29) is 11.2 Å². The van der Waals surface area contributed by atoms with Crippen LogP contribution in [0.4, 0.5) is 5.69 Å². The molecular formula is C16H18N4O2S. The topological polar surface area (TPSA) is 76.9 Å². The first-order valence-corrected chi connectivity index (χ1v) is 8.49. The zero-order chi connectivity index (χ0) is 16.2. The number of rotatable bonds is 4. The van der Waals surface area contributed by atoms with Crippen LogP contribution in [-0.4, -0.2) is 31.7 Å². The lowest BCUT2D eigenvalue weighted by Crippen LogP contribution is -2.21. The van der Waals surface area contributed by atoms with Gasteiger partial charge in [0.15, 0.2) is 5.16 Å². The van der Waals surface area contributed by atoms with Gasteiger partial charge in [-0.25, -0.2) is 0 Å². The molecule has 0 radical (unpaired) electrons. The normalized spacial score (nSPS) is 18.0. The second-order valence-electron chi connectivity index (χ2n) is 5.53. The number of carbonyl (C=O) groups is 2. The number of amides is 1. The highest BCUT2D eigenvalue weighted by molar-refractivity contribution is 8.00. The highest BCUT2D eigenvalue weighted by atomic mass is 32.2. The summed E-state index contributed by atoms with van der Waals surface area (Å²) in [6.07, 6.45) is 5.24. The average molecular weight is 330 g/mol. The number of nitrogens with zero attached hydrogens (tertiary/aromatic N) is 3. The molecule has 1 heterocycles. The van der Waals surface area contributed by atoms with Crippen LogP contribution in [0.2, 0.25) is 0 Å². The van der Waals surface area contributed by atoms with Crippen molar-refractivity contribution in [3.8, 4) is 5.69 Å². The number of anilines is 1. The molecular weight excluding hydrogens is 312 g/mol. The molecule has 2 aromatic rings. The van der Waals surface area contributed by atoms with E-state index in [1.54, 1.807) is 6.33 Å². The van der Waals surface area contributed by atoms with Crippen molar-refractivity contribution in [3.05, 3.63) is 30.6 Å². The summed E-state index contributed by atoms with van der Waals surface area (Å²) in [7, 11) is 0. The van der Waals surface area contributed by atoms with E-state index in [9.17, 15) is 9.59 Å². The van der Waals surface area contributed by atoms with Crippen LogP contribution in [0.3, 0.4) is 0 Å². The molecule has 0 bridgehead atoms. The maximum Gasteiger partial charge on any atom is 0.221 e. The molecule has 1 N–H and O–H groups in total. The Bertz CT molecular complexity index is 728. The minimum absolute atomic E-state index is 0.0368. The van der Waals surface area contributed by atoms with Gasteiger partial charge in [0.05, 0.1) is 10.9 Å². The third-order valence-electron chi connectivity index (χ3n) is 3.71. The lowest BCUT2D eigenvalue weighted by atomic mass is 9.99. The van der Waals surface area contributed by atoms with Crippen LogP contribution in [0, 0.1) is 0 Å². The van der Waals surface area contributed by atoms with Crippen LogP contribution in [0.25, 0.3) is 5.69 Å². The van der Waals surface area contributed by atoms with Crippen molar-refractivity contribution in [2.75, 3.05) is 5.32 Å². The minimum atomic E-state index is -0.117. The van der Waals surface area contributed by atoms with Gasteiger partial charge in [-0.3, -0.25) is 14.2 Å². The number of carbonyl (C=O) groups excluding carboxylic acids is 2. The number of thioether (sulfide) groups is 1. The van der Waals surface area contributed by atoms with E-state index in [0.717, 1.165) is 24.9 Å². The van der Waals surface area contributed by atoms with E-state index in [1.165, 1.54) is 18.7 Å². The quantitative estimate of drug-likeness (QED) is 0.933. The zero-order valence-corrected chi connectivity index (χ0v) is 13.7. The molecule has 6 nitrogen and oxygen atoms in total. The lowest BCUT2D eigenvalue weighted by Gasteiger charge is -2.19. The molecule has 3 rings (SSSR count). The van der Waals surface area contributed by atoms with Crippen molar-refractivity contribution in [1.29, 1.82) is 0 Å². The fraction of sp³-hybridized carbons (Fsp3) is 0.375. The Morgan fingerprint density at radius 2 is 2.26 bits per heavy atom. The molecule has 1 aliphatic rings. The molecule has 0 saturated heterocycles. The van der Waals surface area contributed by atoms with Crippen LogP contribution in [0.1, 0.15) is 32.6 Å². The second-order valence-corrected chi connectivity index (χ2v) is 6.70. The number of aromatic nitrogens is 3. The number of nitrogens with one attached hydrogen (secondary N) is 1. The van der Waals surface area contributed by atoms with Gasteiger partial charge in [0.25, 0.3) is 0 Å². The third-order valence-corrected chi connectivity index (χ3v) is 4.98. The Labute approximate surface area is 138 Å². The number of hydrogen-bond acceptors (Lipinski definition) is 5. The Morgan fingerprint density at radius 3 is 3.04 bits per heavy atom. The van der Waals surface area contributed by atoms with Gasteiger partial charge in [-0.1, -0.05) is 24.2 Å². The first-order valence-electron chi connectivity index (χ1n) is 7.61. The van der Waals surface area contributed by atoms with E-state index in [2.05, 4.69) is 15.5 Å². The maximum atomic E-state index is 12.0. The Hall–Kier alpha value is -2.15. The predicted molar refractivity (Wildman–Crippen MR) is 88.8 cm³/mol. The summed E-state index contributed by atoms with van der Waals surface area (Å²) < 4.78 is 1.85. The predicted octanol–water partition coefficient (Wildman–Crippen LogP) is 2.83. The second kappa shape index (κ2) is 6.95. The Kier molecular flexibility index (Phi) is 4.76. The number of Topliss-reactive ketones (excluding diaryl/α,β-unsaturated/α-hetero) is 1. The van der Waals surface area contributed by atoms with E-state index >= 15 is 0 Å². The minimum Gasteiger partial charge on any atom is -0.326 e. The highest BCUT2D eigenvalue weighted by Gasteiger charge is 2.25. The van der Waals surface area contributed by atoms with Gasteiger partial charge in [0.1, 0.15) is 12.1 Å². The van der Waals surface area contributed by atoms with Crippen molar-refractivity contribution in [2.24, 2.45) is 0 Å². The molecule has 120 valence electrons. The van der Waals surface area contributed by atoms with Gasteiger partial charge >= 0.3 is 0 Å². The van der Waals surface area contributed by atoms with Crippen LogP contribution in [0.15, 0.2) is 35.7 Å². The van der Waals surface area contributed by atoms with Gasteiger partial charge in [-0.15, -0.1) is 10.2 Å². The molecule has 7 heteroatoms. The van der Waals surface area contributed by atoms with Crippen molar-refractivity contribution in [3.63, 3.8) is 0 Å². The standard InChI is InChI=1S/C16H18N4O2S/c1-11(21)18-12-5-4-6-13(9-12)20-10-17-19-16(20)23-15-8-3-2-7-14(15)22/h4-6,9-10,15H,2-3,7-8H2,1H3,(H,18,21)/t15-/m1/s1. The molecule has 1 amide bonds. The fourth-order valence-corrected chi connectivity index (χ4v) is 3.77. The summed E-state index contributed by atoms with van der Waals surface area (Å²) in [5, 5.41) is 11.5. The molecule has 23 heavy (non-hydrogen) atoms. The maximum absolute atomic E-state index is 12.0. The SMILES string of the molecule is CC(=O)Nc1cccc(-n2cnnc2S[C@@H]2CCCCC2=O)c1. The summed E-state index contributed by atoms with van der Waals surface area (Å²) in [6.45, 7) is 1.47. The van der Waals surface area contributed by atoms with Crippen LogP contribution < -0.4 is 5.32 Å². The number of hydrogen-bond donors (Lipinski definition) is 1. The van der Waals surface area contributed by atoms with E-state index < -0.39 is 0 Å². The van der Waals surface area contributed by atoms with Gasteiger partial charge in [-0.2, -0.15) is 0 Å². The molecule has 1 aliphatic carbocycles. The van der Waals surface area contributed by atoms with E-state index in [0.29, 0.717) is 23.0 Å².